The number of nitriles is 1. The molecule has 0 saturated carbocycles. The van der Waals surface area contributed by atoms with Crippen LogP contribution in [0.5, 0.6) is 11.5 Å². The summed E-state index contributed by atoms with van der Waals surface area (Å²) in [5, 5.41) is 21.9. The summed E-state index contributed by atoms with van der Waals surface area (Å²) in [7, 11) is -0.908. The number of carbonyl (C=O) groups is 4. The molecule has 0 aromatic heterocycles. The van der Waals surface area contributed by atoms with Crippen molar-refractivity contribution in [3.8, 4) is 29.4 Å². The molecule has 3 aromatic carbocycles. The van der Waals surface area contributed by atoms with E-state index in [0.29, 0.717) is 68.0 Å². The number of amides is 4. The summed E-state index contributed by atoms with van der Waals surface area (Å²) in [6.45, 7) is 1.89. The second kappa shape index (κ2) is 14.8. The normalized spacial score (nSPS) is 18.5. The van der Waals surface area contributed by atoms with Gasteiger partial charge in [-0.3, -0.25) is 24.5 Å². The van der Waals surface area contributed by atoms with Crippen molar-refractivity contribution in [1.29, 1.82) is 5.26 Å². The molecule has 0 bridgehead atoms. The van der Waals surface area contributed by atoms with Crippen molar-refractivity contribution < 1.29 is 33.6 Å². The van der Waals surface area contributed by atoms with Crippen molar-refractivity contribution in [3.63, 3.8) is 0 Å². The number of piperidine rings is 2. The fourth-order valence-electron chi connectivity index (χ4n) is 7.26. The molecule has 0 spiro atoms. The molecule has 258 valence electrons. The molecule has 4 aliphatic heterocycles. The smallest absolute Gasteiger partial charge is 0.457 e. The number of benzene rings is 3. The van der Waals surface area contributed by atoms with Gasteiger partial charge in [-0.25, -0.2) is 0 Å². The summed E-state index contributed by atoms with van der Waals surface area (Å²) in [6, 6.07) is 17.9. The third-order valence-electron chi connectivity index (χ3n) is 10.1. The number of imide groups is 1. The lowest BCUT2D eigenvalue weighted by atomic mass is 9.80. The summed E-state index contributed by atoms with van der Waals surface area (Å²) in [5.41, 5.74) is 5.20. The Hall–Kier alpha value is -5.43. The van der Waals surface area contributed by atoms with Crippen molar-refractivity contribution in [3.05, 3.63) is 88.0 Å². The molecule has 11 nitrogen and oxygen atoms in total. The van der Waals surface area contributed by atoms with Crippen molar-refractivity contribution in [2.45, 2.75) is 70.6 Å². The summed E-state index contributed by atoms with van der Waals surface area (Å²) in [6.07, 6.45) is 4.60. The van der Waals surface area contributed by atoms with Crippen molar-refractivity contribution in [1.82, 2.24) is 15.1 Å². The summed E-state index contributed by atoms with van der Waals surface area (Å²) in [5.74, 6) is 7.18. The molecular formula is C39H37BN4O7. The van der Waals surface area contributed by atoms with E-state index in [1.807, 2.05) is 23.1 Å². The summed E-state index contributed by atoms with van der Waals surface area (Å²) >= 11 is 0. The number of rotatable bonds is 8. The Labute approximate surface area is 296 Å². The zero-order chi connectivity index (χ0) is 35.5. The van der Waals surface area contributed by atoms with Gasteiger partial charge < -0.3 is 24.2 Å². The minimum Gasteiger partial charge on any atom is -0.457 e. The first-order valence-corrected chi connectivity index (χ1v) is 17.5. The number of nitrogens with zero attached hydrogens (tertiary/aromatic N) is 3. The Balaban J connectivity index is 0.877. The molecule has 2 fully saturated rings. The largest absolute Gasteiger partial charge is 0.491 e. The molecule has 0 aliphatic carbocycles. The Morgan fingerprint density at radius 2 is 1.82 bits per heavy atom. The fourth-order valence-corrected chi connectivity index (χ4v) is 7.26. The number of ether oxygens (including phenoxy) is 1. The van der Waals surface area contributed by atoms with E-state index in [1.54, 1.807) is 36.4 Å². The molecule has 51 heavy (non-hydrogen) atoms. The van der Waals surface area contributed by atoms with Gasteiger partial charge >= 0.3 is 7.12 Å². The van der Waals surface area contributed by atoms with Gasteiger partial charge in [-0.2, -0.15) is 5.26 Å². The van der Waals surface area contributed by atoms with Crippen LogP contribution in [0, 0.1) is 29.1 Å². The van der Waals surface area contributed by atoms with E-state index in [0.717, 1.165) is 47.0 Å². The fraction of sp³-hybridized carbons (Fsp3) is 0.359. The lowest BCUT2D eigenvalue weighted by Crippen LogP contribution is -2.52. The first-order valence-electron chi connectivity index (χ1n) is 17.5. The van der Waals surface area contributed by atoms with Crippen LogP contribution in [0.4, 0.5) is 0 Å². The van der Waals surface area contributed by atoms with Gasteiger partial charge in [0.1, 0.15) is 17.5 Å². The van der Waals surface area contributed by atoms with E-state index < -0.39 is 19.1 Å². The second-order valence-electron chi connectivity index (χ2n) is 13.4. The highest BCUT2D eigenvalue weighted by Crippen LogP contribution is 2.30. The SMILES string of the molecule is N#Cc1ccc(Oc2ccc3c(c2)COB3O)cc1CCCCC(=O)N1CCC(C#Cc2cccc3c2CN(C2CCC(=O)NC2=O)C3=O)CC1. The van der Waals surface area contributed by atoms with Gasteiger partial charge in [-0.1, -0.05) is 24.0 Å². The van der Waals surface area contributed by atoms with Crippen LogP contribution in [0.15, 0.2) is 54.6 Å². The monoisotopic (exact) mass is 684 g/mol. The first kappa shape index (κ1) is 34.0. The molecule has 4 heterocycles. The predicted octanol–water partition coefficient (Wildman–Crippen LogP) is 3.33. The highest BCUT2D eigenvalue weighted by molar-refractivity contribution is 6.61. The van der Waals surface area contributed by atoms with E-state index in [-0.39, 0.29) is 36.6 Å². The number of unbranched alkanes of at least 4 members (excludes halogenated alkanes) is 1. The highest BCUT2D eigenvalue weighted by Gasteiger charge is 2.39. The molecule has 1 atom stereocenters. The van der Waals surface area contributed by atoms with Crippen molar-refractivity contribution >= 4 is 36.2 Å². The average molecular weight is 685 g/mol. The van der Waals surface area contributed by atoms with Crippen LogP contribution in [0.2, 0.25) is 0 Å². The molecule has 0 radical (unpaired) electrons. The first-order chi connectivity index (χ1) is 24.8. The number of nitrogens with one attached hydrogen (secondary N) is 1. The van der Waals surface area contributed by atoms with Gasteiger partial charge in [0.15, 0.2) is 0 Å². The molecule has 1 unspecified atom stereocenters. The van der Waals surface area contributed by atoms with E-state index >= 15 is 0 Å². The summed E-state index contributed by atoms with van der Waals surface area (Å²) < 4.78 is 11.3. The molecule has 7 rings (SSSR count). The molecule has 4 aliphatic rings. The highest BCUT2D eigenvalue weighted by atomic mass is 16.5. The molecule has 2 saturated heterocycles. The van der Waals surface area contributed by atoms with E-state index in [1.165, 1.54) is 4.90 Å². The van der Waals surface area contributed by atoms with Crippen LogP contribution >= 0.6 is 0 Å². The van der Waals surface area contributed by atoms with E-state index in [4.69, 9.17) is 9.39 Å². The van der Waals surface area contributed by atoms with Gasteiger partial charge in [0.25, 0.3) is 5.91 Å². The zero-order valence-electron chi connectivity index (χ0n) is 28.2. The Bertz CT molecular complexity index is 2010. The maximum atomic E-state index is 13.1. The third kappa shape index (κ3) is 7.39. The number of aryl methyl sites for hydroxylation is 1. The average Bonchev–Trinajstić information content (AvgIpc) is 3.68. The number of likely N-dealkylation sites (tertiary alicyclic amines) is 1. The van der Waals surface area contributed by atoms with Crippen molar-refractivity contribution in [2.24, 2.45) is 5.92 Å². The van der Waals surface area contributed by atoms with E-state index in [9.17, 15) is 29.5 Å². The maximum Gasteiger partial charge on any atom is 0.491 e. The lowest BCUT2D eigenvalue weighted by molar-refractivity contribution is -0.137. The quantitative estimate of drug-likeness (QED) is 0.159. The Kier molecular flexibility index (Phi) is 9.89. The van der Waals surface area contributed by atoms with Crippen molar-refractivity contribution in [2.75, 3.05) is 13.1 Å². The predicted molar refractivity (Wildman–Crippen MR) is 186 cm³/mol. The van der Waals surface area contributed by atoms with Crippen LogP contribution in [0.25, 0.3) is 0 Å². The third-order valence-corrected chi connectivity index (χ3v) is 10.1. The maximum absolute atomic E-state index is 13.1. The Morgan fingerprint density at radius 1 is 1.02 bits per heavy atom. The lowest BCUT2D eigenvalue weighted by Gasteiger charge is -2.30. The van der Waals surface area contributed by atoms with Gasteiger partial charge in [0, 0.05) is 49.5 Å². The molecule has 2 N–H and O–H groups in total. The van der Waals surface area contributed by atoms with E-state index in [2.05, 4.69) is 23.2 Å². The summed E-state index contributed by atoms with van der Waals surface area (Å²) in [4.78, 5) is 53.6. The van der Waals surface area contributed by atoms with Gasteiger partial charge in [-0.15, -0.1) is 0 Å². The zero-order valence-corrected chi connectivity index (χ0v) is 28.2. The van der Waals surface area contributed by atoms with Crippen LogP contribution < -0.4 is 15.5 Å². The molecular weight excluding hydrogens is 647 g/mol. The van der Waals surface area contributed by atoms with Gasteiger partial charge in [0.2, 0.25) is 17.7 Å². The number of hydrogen-bond donors (Lipinski definition) is 2. The number of carbonyl (C=O) groups excluding carboxylic acids is 4. The van der Waals surface area contributed by atoms with Crippen LogP contribution in [0.3, 0.4) is 0 Å². The van der Waals surface area contributed by atoms with Crippen LogP contribution in [-0.2, 0) is 38.6 Å². The van der Waals surface area contributed by atoms with Gasteiger partial charge in [0.05, 0.1) is 18.2 Å². The standard InChI is InChI=1S/C39H37BN4O7/c41-22-28-10-11-30(51-31-12-13-34-29(21-31)24-50-40(34)49)20-27(28)4-1-2-7-37(46)43-18-16-25(17-19-43)8-9-26-5-3-6-32-33(26)23-44(39(32)48)35-14-15-36(45)42-38(35)47/h3,5-6,10-13,20-21,25,35,49H,1-2,4,7,14-19,23-24H2,(H,42,45,47). The van der Waals surface area contributed by atoms with Crippen LogP contribution in [0.1, 0.15) is 83.1 Å². The Morgan fingerprint density at radius 3 is 2.63 bits per heavy atom. The number of fused-ring (bicyclic) bond motifs is 2. The minimum atomic E-state index is -0.908. The molecule has 4 amide bonds. The topological polar surface area (TPSA) is 149 Å². The number of hydrogen-bond acceptors (Lipinski definition) is 8. The van der Waals surface area contributed by atoms with Crippen LogP contribution in [-0.4, -0.2) is 64.7 Å². The molecule has 12 heteroatoms. The van der Waals surface area contributed by atoms with Gasteiger partial charge in [-0.05, 0) is 103 Å². The minimum absolute atomic E-state index is 0.123. The molecule has 3 aromatic rings. The second-order valence-corrected chi connectivity index (χ2v) is 13.4.